The largest absolute Gasteiger partial charge is 0.490 e. The van der Waals surface area contributed by atoms with Crippen molar-refractivity contribution >= 4 is 11.9 Å². The second-order valence-electron chi connectivity index (χ2n) is 4.83. The number of esters is 1. The van der Waals surface area contributed by atoms with Gasteiger partial charge in [0, 0.05) is 6.04 Å². The van der Waals surface area contributed by atoms with E-state index in [1.807, 2.05) is 27.7 Å². The Hall–Kier alpha value is -2.24. The lowest BCUT2D eigenvalue weighted by atomic mass is 10.2. The maximum Gasteiger partial charge on any atom is 0.338 e. The maximum atomic E-state index is 12.0. The fraction of sp³-hybridized carbons (Fsp3) is 0.500. The predicted molar refractivity (Wildman–Crippen MR) is 82.3 cm³/mol. The highest BCUT2D eigenvalue weighted by Crippen LogP contribution is 2.28. The zero-order valence-electron chi connectivity index (χ0n) is 13.5. The van der Waals surface area contributed by atoms with Gasteiger partial charge in [-0.05, 0) is 45.9 Å². The zero-order valence-corrected chi connectivity index (χ0v) is 13.5. The van der Waals surface area contributed by atoms with Gasteiger partial charge in [0.15, 0.2) is 18.1 Å². The molecule has 0 fully saturated rings. The van der Waals surface area contributed by atoms with Crippen molar-refractivity contribution in [3.05, 3.63) is 23.8 Å². The summed E-state index contributed by atoms with van der Waals surface area (Å²) in [5.74, 6) is 0.131. The van der Waals surface area contributed by atoms with Crippen molar-refractivity contribution in [3.8, 4) is 11.5 Å². The van der Waals surface area contributed by atoms with Crippen LogP contribution in [-0.4, -0.2) is 37.7 Å². The average Bonchev–Trinajstić information content (AvgIpc) is 2.46. The van der Waals surface area contributed by atoms with E-state index >= 15 is 0 Å². The van der Waals surface area contributed by atoms with Gasteiger partial charge in [-0.1, -0.05) is 0 Å². The molecule has 122 valence electrons. The van der Waals surface area contributed by atoms with Gasteiger partial charge in [0.25, 0.3) is 5.91 Å². The van der Waals surface area contributed by atoms with E-state index in [0.29, 0.717) is 30.3 Å². The number of benzene rings is 1. The summed E-state index contributed by atoms with van der Waals surface area (Å²) in [6.07, 6.45) is 0. The summed E-state index contributed by atoms with van der Waals surface area (Å²) in [4.78, 5) is 23.4. The monoisotopic (exact) mass is 309 g/mol. The minimum absolute atomic E-state index is 0.00114. The molecule has 0 aliphatic carbocycles. The molecule has 0 aliphatic rings. The molecule has 0 bridgehead atoms. The van der Waals surface area contributed by atoms with E-state index in [-0.39, 0.29) is 18.6 Å². The third kappa shape index (κ3) is 5.63. The highest BCUT2D eigenvalue weighted by Gasteiger charge is 2.14. The van der Waals surface area contributed by atoms with Crippen LogP contribution in [0.2, 0.25) is 0 Å². The summed E-state index contributed by atoms with van der Waals surface area (Å²) in [7, 11) is 0. The Morgan fingerprint density at radius 2 is 1.73 bits per heavy atom. The first-order valence-electron chi connectivity index (χ1n) is 7.34. The second-order valence-corrected chi connectivity index (χ2v) is 4.83. The standard InChI is InChI=1S/C16H23NO5/c1-5-20-13-8-7-12(9-14(13)21-6-2)16(19)22-10-15(18)17-11(3)4/h7-9,11H,5-6,10H2,1-4H3,(H,17,18). The van der Waals surface area contributed by atoms with Crippen LogP contribution in [0.4, 0.5) is 0 Å². The van der Waals surface area contributed by atoms with Crippen molar-refractivity contribution in [2.24, 2.45) is 0 Å². The molecule has 6 heteroatoms. The van der Waals surface area contributed by atoms with E-state index in [9.17, 15) is 9.59 Å². The second kappa shape index (κ2) is 8.92. The van der Waals surface area contributed by atoms with Crippen molar-refractivity contribution in [1.82, 2.24) is 5.32 Å². The van der Waals surface area contributed by atoms with E-state index in [2.05, 4.69) is 5.32 Å². The predicted octanol–water partition coefficient (Wildman–Crippen LogP) is 2.17. The van der Waals surface area contributed by atoms with E-state index in [1.165, 1.54) is 0 Å². The Labute approximate surface area is 130 Å². The van der Waals surface area contributed by atoms with E-state index in [0.717, 1.165) is 0 Å². The molecule has 22 heavy (non-hydrogen) atoms. The summed E-state index contributed by atoms with van der Waals surface area (Å²) in [5.41, 5.74) is 0.309. The van der Waals surface area contributed by atoms with Gasteiger partial charge in [-0.25, -0.2) is 4.79 Å². The Kier molecular flexibility index (Phi) is 7.22. The van der Waals surface area contributed by atoms with Crippen molar-refractivity contribution in [2.45, 2.75) is 33.7 Å². The highest BCUT2D eigenvalue weighted by molar-refractivity contribution is 5.92. The lowest BCUT2D eigenvalue weighted by Crippen LogP contribution is -2.33. The van der Waals surface area contributed by atoms with Crippen molar-refractivity contribution < 1.29 is 23.8 Å². The quantitative estimate of drug-likeness (QED) is 0.745. The molecule has 0 aliphatic heterocycles. The summed E-state index contributed by atoms with van der Waals surface area (Å²) in [5, 5.41) is 2.65. The molecule has 1 amide bonds. The van der Waals surface area contributed by atoms with Gasteiger partial charge >= 0.3 is 5.97 Å². The van der Waals surface area contributed by atoms with Crippen molar-refractivity contribution in [1.29, 1.82) is 0 Å². The smallest absolute Gasteiger partial charge is 0.338 e. The van der Waals surface area contributed by atoms with Crippen molar-refractivity contribution in [2.75, 3.05) is 19.8 Å². The number of hydrogen-bond donors (Lipinski definition) is 1. The molecule has 0 unspecified atom stereocenters. The van der Waals surface area contributed by atoms with Gasteiger partial charge in [0.05, 0.1) is 18.8 Å². The maximum absolute atomic E-state index is 12.0. The topological polar surface area (TPSA) is 73.9 Å². The molecule has 1 rings (SSSR count). The molecular formula is C16H23NO5. The van der Waals surface area contributed by atoms with Crippen LogP contribution in [0.1, 0.15) is 38.1 Å². The van der Waals surface area contributed by atoms with Gasteiger partial charge in [-0.3, -0.25) is 4.79 Å². The van der Waals surface area contributed by atoms with Crippen LogP contribution >= 0.6 is 0 Å². The van der Waals surface area contributed by atoms with E-state index < -0.39 is 5.97 Å². The minimum atomic E-state index is -0.581. The van der Waals surface area contributed by atoms with Gasteiger partial charge in [0.2, 0.25) is 0 Å². The molecule has 0 spiro atoms. The lowest BCUT2D eigenvalue weighted by molar-refractivity contribution is -0.124. The van der Waals surface area contributed by atoms with Crippen molar-refractivity contribution in [3.63, 3.8) is 0 Å². The number of nitrogens with one attached hydrogen (secondary N) is 1. The molecule has 0 radical (unpaired) electrons. The zero-order chi connectivity index (χ0) is 16.5. The number of rotatable bonds is 8. The first kappa shape index (κ1) is 17.8. The summed E-state index contributed by atoms with van der Waals surface area (Å²) in [6, 6.07) is 4.79. The number of carbonyl (C=O) groups excluding carboxylic acids is 2. The number of hydrogen-bond acceptors (Lipinski definition) is 5. The fourth-order valence-electron chi connectivity index (χ4n) is 1.76. The third-order valence-electron chi connectivity index (χ3n) is 2.56. The normalized spacial score (nSPS) is 10.2. The van der Waals surface area contributed by atoms with Crippen LogP contribution in [0.3, 0.4) is 0 Å². The first-order valence-corrected chi connectivity index (χ1v) is 7.34. The molecule has 0 saturated heterocycles. The lowest BCUT2D eigenvalue weighted by Gasteiger charge is -2.12. The van der Waals surface area contributed by atoms with Crippen LogP contribution < -0.4 is 14.8 Å². The summed E-state index contributed by atoms with van der Waals surface area (Å²) < 4.78 is 15.8. The van der Waals surface area contributed by atoms with Crippen LogP contribution in [-0.2, 0) is 9.53 Å². The van der Waals surface area contributed by atoms with Gasteiger partial charge in [-0.15, -0.1) is 0 Å². The summed E-state index contributed by atoms with van der Waals surface area (Å²) >= 11 is 0. The molecule has 0 saturated carbocycles. The van der Waals surface area contributed by atoms with Crippen LogP contribution in [0.25, 0.3) is 0 Å². The van der Waals surface area contributed by atoms with E-state index in [4.69, 9.17) is 14.2 Å². The number of carbonyl (C=O) groups is 2. The van der Waals surface area contributed by atoms with Crippen LogP contribution in [0.15, 0.2) is 18.2 Å². The van der Waals surface area contributed by atoms with Gasteiger partial charge < -0.3 is 19.5 Å². The number of ether oxygens (including phenoxy) is 3. The molecule has 0 atom stereocenters. The molecule has 0 aromatic heterocycles. The minimum Gasteiger partial charge on any atom is -0.490 e. The Morgan fingerprint density at radius 1 is 1.09 bits per heavy atom. The molecule has 0 heterocycles. The molecule has 6 nitrogen and oxygen atoms in total. The Bertz CT molecular complexity index is 513. The van der Waals surface area contributed by atoms with Crippen LogP contribution in [0, 0.1) is 0 Å². The molecule has 1 N–H and O–H groups in total. The molecule has 1 aromatic carbocycles. The SMILES string of the molecule is CCOc1ccc(C(=O)OCC(=O)NC(C)C)cc1OCC. The summed E-state index contributed by atoms with van der Waals surface area (Å²) in [6.45, 7) is 8.02. The van der Waals surface area contributed by atoms with Gasteiger partial charge in [-0.2, -0.15) is 0 Å². The Morgan fingerprint density at radius 3 is 2.32 bits per heavy atom. The average molecular weight is 309 g/mol. The van der Waals surface area contributed by atoms with E-state index in [1.54, 1.807) is 18.2 Å². The first-order chi connectivity index (χ1) is 10.5. The number of amides is 1. The third-order valence-corrected chi connectivity index (χ3v) is 2.56. The Balaban J connectivity index is 2.72. The molecule has 1 aromatic rings. The fourth-order valence-corrected chi connectivity index (χ4v) is 1.76. The van der Waals surface area contributed by atoms with Gasteiger partial charge in [0.1, 0.15) is 0 Å². The molecular weight excluding hydrogens is 286 g/mol. The highest BCUT2D eigenvalue weighted by atomic mass is 16.5. The van der Waals surface area contributed by atoms with Crippen LogP contribution in [0.5, 0.6) is 11.5 Å².